The second-order valence-electron chi connectivity index (χ2n) is 5.17. The quantitative estimate of drug-likeness (QED) is 0.776. The Labute approximate surface area is 137 Å². The van der Waals surface area contributed by atoms with Crippen LogP contribution in [0.5, 0.6) is 0 Å². The molecule has 0 saturated heterocycles. The van der Waals surface area contributed by atoms with E-state index in [1.165, 1.54) is 16.9 Å². The number of amides is 1. The Morgan fingerprint density at radius 3 is 2.64 bits per heavy atom. The number of thiophene rings is 2. The molecule has 3 rings (SSSR count). The molecule has 1 atom stereocenters. The van der Waals surface area contributed by atoms with E-state index in [2.05, 4.69) is 33.3 Å². The molecule has 0 aliphatic rings. The summed E-state index contributed by atoms with van der Waals surface area (Å²) in [5.41, 5.74) is 3.96. The highest BCUT2D eigenvalue weighted by Gasteiger charge is 2.19. The van der Waals surface area contributed by atoms with Crippen LogP contribution in [0.3, 0.4) is 0 Å². The van der Waals surface area contributed by atoms with Crippen molar-refractivity contribution in [2.75, 3.05) is 6.54 Å². The van der Waals surface area contributed by atoms with Gasteiger partial charge in [-0.2, -0.15) is 27.8 Å². The molecule has 114 valence electrons. The first-order chi connectivity index (χ1) is 10.6. The molecule has 0 aliphatic carbocycles. The summed E-state index contributed by atoms with van der Waals surface area (Å²) in [6.45, 7) is 4.55. The van der Waals surface area contributed by atoms with Crippen molar-refractivity contribution in [3.63, 3.8) is 0 Å². The summed E-state index contributed by atoms with van der Waals surface area (Å²) in [4.78, 5) is 12.2. The van der Waals surface area contributed by atoms with Crippen LogP contribution in [0.1, 0.15) is 33.4 Å². The van der Waals surface area contributed by atoms with Gasteiger partial charge in [0.15, 0.2) is 0 Å². The molecular formula is C16H17N3OS2. The van der Waals surface area contributed by atoms with Gasteiger partial charge in [-0.05, 0) is 53.8 Å². The molecule has 22 heavy (non-hydrogen) atoms. The van der Waals surface area contributed by atoms with Crippen molar-refractivity contribution in [3.05, 3.63) is 62.2 Å². The second-order valence-corrected chi connectivity index (χ2v) is 6.73. The Morgan fingerprint density at radius 1 is 1.27 bits per heavy atom. The van der Waals surface area contributed by atoms with Crippen molar-refractivity contribution in [1.82, 2.24) is 15.1 Å². The standard InChI is InChI=1S/C16H17N3OS2/c1-11-7-12(2)19(18-11)15(13-3-5-21-9-13)8-17-16(20)14-4-6-22-10-14/h3-7,9-10,15H,8H2,1-2H3,(H,17,20)/t15-/m0/s1. The molecule has 4 nitrogen and oxygen atoms in total. The average Bonchev–Trinajstić information content (AvgIpc) is 3.22. The first-order valence-corrected chi connectivity index (χ1v) is 8.89. The summed E-state index contributed by atoms with van der Waals surface area (Å²) in [5, 5.41) is 15.5. The maximum absolute atomic E-state index is 12.2. The highest BCUT2D eigenvalue weighted by atomic mass is 32.1. The third-order valence-electron chi connectivity index (χ3n) is 3.51. The Balaban J connectivity index is 1.81. The van der Waals surface area contributed by atoms with E-state index in [0.717, 1.165) is 11.4 Å². The van der Waals surface area contributed by atoms with Crippen molar-refractivity contribution in [1.29, 1.82) is 0 Å². The number of carbonyl (C=O) groups excluding carboxylic acids is 1. The van der Waals surface area contributed by atoms with Gasteiger partial charge < -0.3 is 5.32 Å². The van der Waals surface area contributed by atoms with E-state index in [-0.39, 0.29) is 11.9 Å². The van der Waals surface area contributed by atoms with Gasteiger partial charge in [0.25, 0.3) is 5.91 Å². The Morgan fingerprint density at radius 2 is 2.05 bits per heavy atom. The van der Waals surface area contributed by atoms with Gasteiger partial charge in [0.1, 0.15) is 0 Å². The lowest BCUT2D eigenvalue weighted by Gasteiger charge is -2.19. The van der Waals surface area contributed by atoms with Crippen LogP contribution in [-0.2, 0) is 0 Å². The number of aryl methyl sites for hydroxylation is 2. The van der Waals surface area contributed by atoms with E-state index in [1.807, 2.05) is 35.4 Å². The zero-order valence-corrected chi connectivity index (χ0v) is 14.1. The summed E-state index contributed by atoms with van der Waals surface area (Å²) in [7, 11) is 0. The molecule has 0 spiro atoms. The minimum Gasteiger partial charge on any atom is -0.350 e. The summed E-state index contributed by atoms with van der Waals surface area (Å²) in [6.07, 6.45) is 0. The Bertz CT molecular complexity index is 745. The molecule has 6 heteroatoms. The van der Waals surface area contributed by atoms with E-state index in [0.29, 0.717) is 12.1 Å². The van der Waals surface area contributed by atoms with Crippen LogP contribution in [0.4, 0.5) is 0 Å². The molecule has 0 unspecified atom stereocenters. The van der Waals surface area contributed by atoms with Gasteiger partial charge in [-0.25, -0.2) is 0 Å². The van der Waals surface area contributed by atoms with E-state index < -0.39 is 0 Å². The molecule has 1 amide bonds. The molecule has 1 N–H and O–H groups in total. The number of rotatable bonds is 5. The molecule has 0 bridgehead atoms. The minimum atomic E-state index is -0.0389. The van der Waals surface area contributed by atoms with Crippen LogP contribution >= 0.6 is 22.7 Å². The third kappa shape index (κ3) is 3.13. The maximum Gasteiger partial charge on any atom is 0.252 e. The number of nitrogens with zero attached hydrogens (tertiary/aromatic N) is 2. The Kier molecular flexibility index (Phi) is 4.40. The number of nitrogens with one attached hydrogen (secondary N) is 1. The summed E-state index contributed by atoms with van der Waals surface area (Å²) in [5.74, 6) is -0.0389. The van der Waals surface area contributed by atoms with Gasteiger partial charge >= 0.3 is 0 Å². The predicted octanol–water partition coefficient (Wildman–Crippen LogP) is 3.64. The molecule has 0 aliphatic heterocycles. The first-order valence-electron chi connectivity index (χ1n) is 7.00. The van der Waals surface area contributed by atoms with Crippen LogP contribution in [0.25, 0.3) is 0 Å². The second kappa shape index (κ2) is 6.46. The van der Waals surface area contributed by atoms with Gasteiger partial charge in [0.05, 0.1) is 11.7 Å². The van der Waals surface area contributed by atoms with Gasteiger partial charge in [-0.1, -0.05) is 0 Å². The molecule has 3 aromatic rings. The predicted molar refractivity (Wildman–Crippen MR) is 90.8 cm³/mol. The van der Waals surface area contributed by atoms with Gasteiger partial charge in [0.2, 0.25) is 0 Å². The number of hydrogen-bond donors (Lipinski definition) is 1. The SMILES string of the molecule is Cc1cc(C)n([C@@H](CNC(=O)c2ccsc2)c2ccsc2)n1. The first kappa shape index (κ1) is 15.0. The fourth-order valence-electron chi connectivity index (χ4n) is 2.46. The largest absolute Gasteiger partial charge is 0.350 e. The zero-order valence-electron chi connectivity index (χ0n) is 12.4. The van der Waals surface area contributed by atoms with Crippen molar-refractivity contribution < 1.29 is 4.79 Å². The van der Waals surface area contributed by atoms with Crippen LogP contribution in [0, 0.1) is 13.8 Å². The fourth-order valence-corrected chi connectivity index (χ4v) is 3.80. The topological polar surface area (TPSA) is 46.9 Å². The van der Waals surface area contributed by atoms with Crippen LogP contribution in [0.2, 0.25) is 0 Å². The Hall–Kier alpha value is -1.92. The average molecular weight is 331 g/mol. The smallest absolute Gasteiger partial charge is 0.252 e. The molecule has 0 fully saturated rings. The highest BCUT2D eigenvalue weighted by Crippen LogP contribution is 2.22. The number of hydrogen-bond acceptors (Lipinski definition) is 4. The molecule has 3 heterocycles. The third-order valence-corrected chi connectivity index (χ3v) is 4.89. The van der Waals surface area contributed by atoms with Crippen molar-refractivity contribution in [3.8, 4) is 0 Å². The van der Waals surface area contributed by atoms with Gasteiger partial charge in [-0.15, -0.1) is 0 Å². The summed E-state index contributed by atoms with van der Waals surface area (Å²) >= 11 is 3.18. The normalized spacial score (nSPS) is 12.3. The van der Waals surface area contributed by atoms with Crippen molar-refractivity contribution in [2.24, 2.45) is 0 Å². The van der Waals surface area contributed by atoms with Crippen LogP contribution in [0.15, 0.2) is 39.7 Å². The summed E-state index contributed by atoms with van der Waals surface area (Å²) < 4.78 is 1.99. The lowest BCUT2D eigenvalue weighted by atomic mass is 10.1. The molecular weight excluding hydrogens is 314 g/mol. The van der Waals surface area contributed by atoms with E-state index in [9.17, 15) is 4.79 Å². The van der Waals surface area contributed by atoms with Crippen molar-refractivity contribution in [2.45, 2.75) is 19.9 Å². The van der Waals surface area contributed by atoms with Crippen LogP contribution < -0.4 is 5.32 Å². The number of carbonyl (C=O) groups is 1. The highest BCUT2D eigenvalue weighted by molar-refractivity contribution is 7.08. The van der Waals surface area contributed by atoms with E-state index >= 15 is 0 Å². The monoisotopic (exact) mass is 331 g/mol. The maximum atomic E-state index is 12.2. The summed E-state index contributed by atoms with van der Waals surface area (Å²) in [6, 6.07) is 5.99. The van der Waals surface area contributed by atoms with Crippen molar-refractivity contribution >= 4 is 28.6 Å². The lowest BCUT2D eigenvalue weighted by molar-refractivity contribution is 0.0949. The molecule has 3 aromatic heterocycles. The zero-order chi connectivity index (χ0) is 15.5. The minimum absolute atomic E-state index is 0.0162. The molecule has 0 saturated carbocycles. The molecule has 0 aromatic carbocycles. The van der Waals surface area contributed by atoms with Gasteiger partial charge in [0, 0.05) is 23.2 Å². The fraction of sp³-hybridized carbons (Fsp3) is 0.250. The lowest BCUT2D eigenvalue weighted by Crippen LogP contribution is -2.31. The molecule has 0 radical (unpaired) electrons. The van der Waals surface area contributed by atoms with E-state index in [1.54, 1.807) is 11.3 Å². The van der Waals surface area contributed by atoms with Crippen LogP contribution in [-0.4, -0.2) is 22.2 Å². The van der Waals surface area contributed by atoms with E-state index in [4.69, 9.17) is 0 Å². The number of aromatic nitrogens is 2. The van der Waals surface area contributed by atoms with Gasteiger partial charge in [-0.3, -0.25) is 9.48 Å².